The van der Waals surface area contributed by atoms with Gasteiger partial charge in [0.05, 0.1) is 34.4 Å². The SMILES string of the molecule is Cc1cc(C(F)(F)F)c2c(C)nn(CC(=O)Nc3cccc(Cn4cc(Cl)cn4)c3)c2n1. The molecule has 0 aliphatic rings. The molecule has 1 aromatic carbocycles. The lowest BCUT2D eigenvalue weighted by Gasteiger charge is -2.10. The van der Waals surface area contributed by atoms with Crippen LogP contribution in [0.1, 0.15) is 22.5 Å². The molecule has 0 unspecified atom stereocenters. The van der Waals surface area contributed by atoms with Crippen LogP contribution >= 0.6 is 11.6 Å². The van der Waals surface area contributed by atoms with E-state index in [2.05, 4.69) is 20.5 Å². The molecule has 0 atom stereocenters. The molecule has 3 heterocycles. The summed E-state index contributed by atoms with van der Waals surface area (Å²) in [5, 5.41) is 11.4. The summed E-state index contributed by atoms with van der Waals surface area (Å²) in [6.45, 7) is 3.12. The number of nitrogens with one attached hydrogen (secondary N) is 1. The van der Waals surface area contributed by atoms with Crippen molar-refractivity contribution in [2.45, 2.75) is 33.1 Å². The average Bonchev–Trinajstić information content (AvgIpc) is 3.23. The van der Waals surface area contributed by atoms with Crippen LogP contribution in [0.4, 0.5) is 18.9 Å². The molecule has 0 radical (unpaired) electrons. The zero-order valence-corrected chi connectivity index (χ0v) is 17.9. The first kappa shape index (κ1) is 21.8. The number of hydrogen-bond acceptors (Lipinski definition) is 4. The number of aryl methyl sites for hydroxylation is 2. The zero-order chi connectivity index (χ0) is 23.0. The summed E-state index contributed by atoms with van der Waals surface area (Å²) in [5.41, 5.74) is 0.990. The number of alkyl halides is 3. The summed E-state index contributed by atoms with van der Waals surface area (Å²) >= 11 is 5.88. The fourth-order valence-electron chi connectivity index (χ4n) is 3.51. The predicted octanol–water partition coefficient (Wildman–Crippen LogP) is 4.60. The van der Waals surface area contributed by atoms with Gasteiger partial charge in [-0.1, -0.05) is 23.7 Å². The second-order valence-electron chi connectivity index (χ2n) is 7.36. The molecule has 0 aliphatic carbocycles. The maximum atomic E-state index is 13.5. The Balaban J connectivity index is 1.55. The zero-order valence-electron chi connectivity index (χ0n) is 17.1. The minimum absolute atomic E-state index is 0.0225. The molecule has 0 bridgehead atoms. The second-order valence-corrected chi connectivity index (χ2v) is 7.79. The number of anilines is 1. The smallest absolute Gasteiger partial charge is 0.324 e. The number of rotatable bonds is 5. The Labute approximate surface area is 185 Å². The van der Waals surface area contributed by atoms with Gasteiger partial charge >= 0.3 is 6.18 Å². The van der Waals surface area contributed by atoms with Crippen LogP contribution in [0.2, 0.25) is 5.02 Å². The topological polar surface area (TPSA) is 77.6 Å². The van der Waals surface area contributed by atoms with Gasteiger partial charge in [0.25, 0.3) is 0 Å². The van der Waals surface area contributed by atoms with Crippen molar-refractivity contribution >= 4 is 34.2 Å². The van der Waals surface area contributed by atoms with Crippen LogP contribution in [0.25, 0.3) is 11.0 Å². The van der Waals surface area contributed by atoms with Crippen LogP contribution in [0.15, 0.2) is 42.7 Å². The van der Waals surface area contributed by atoms with Crippen LogP contribution in [0.3, 0.4) is 0 Å². The molecule has 1 N–H and O–H groups in total. The summed E-state index contributed by atoms with van der Waals surface area (Å²) in [5.74, 6) is -0.439. The Morgan fingerprint density at radius 2 is 2.00 bits per heavy atom. The number of carbonyl (C=O) groups is 1. The standard InChI is InChI=1S/C21H18ClF3N6O/c1-12-6-17(21(23,24)25)19-13(2)29-31(20(19)27-12)11-18(32)28-16-5-3-4-14(7-16)9-30-10-15(22)8-26-30/h3-8,10H,9,11H2,1-2H3,(H,28,32). The van der Waals surface area contributed by atoms with Gasteiger partial charge in [-0.3, -0.25) is 9.48 Å². The van der Waals surface area contributed by atoms with Crippen molar-refractivity contribution in [3.63, 3.8) is 0 Å². The van der Waals surface area contributed by atoms with Crippen LogP contribution in [-0.4, -0.2) is 30.5 Å². The molecule has 32 heavy (non-hydrogen) atoms. The number of hydrogen-bond donors (Lipinski definition) is 1. The third-order valence-corrected chi connectivity index (χ3v) is 4.96. The highest BCUT2D eigenvalue weighted by Gasteiger charge is 2.35. The predicted molar refractivity (Wildman–Crippen MR) is 113 cm³/mol. The van der Waals surface area contributed by atoms with Gasteiger partial charge in [-0.15, -0.1) is 0 Å². The molecule has 4 aromatic rings. The Morgan fingerprint density at radius 3 is 2.69 bits per heavy atom. The van der Waals surface area contributed by atoms with E-state index in [1.54, 1.807) is 29.1 Å². The molecule has 1 amide bonds. The number of fused-ring (bicyclic) bond motifs is 1. The van der Waals surface area contributed by atoms with E-state index in [0.717, 1.165) is 11.6 Å². The number of pyridine rings is 1. The first-order valence-corrected chi connectivity index (χ1v) is 9.96. The third-order valence-electron chi connectivity index (χ3n) is 4.76. The molecule has 11 heteroatoms. The van der Waals surface area contributed by atoms with Gasteiger partial charge in [0.1, 0.15) is 6.54 Å². The lowest BCUT2D eigenvalue weighted by atomic mass is 10.1. The fraction of sp³-hybridized carbons (Fsp3) is 0.238. The second kappa shape index (κ2) is 8.27. The van der Waals surface area contributed by atoms with Crippen LogP contribution in [-0.2, 0) is 24.1 Å². The van der Waals surface area contributed by atoms with Gasteiger partial charge in [-0.2, -0.15) is 23.4 Å². The summed E-state index contributed by atoms with van der Waals surface area (Å²) in [4.78, 5) is 16.8. The number of carbonyl (C=O) groups excluding carboxylic acids is 1. The van der Waals surface area contributed by atoms with Gasteiger partial charge in [0, 0.05) is 17.6 Å². The quantitative estimate of drug-likeness (QED) is 0.470. The van der Waals surface area contributed by atoms with Crippen molar-refractivity contribution in [2.75, 3.05) is 5.32 Å². The third kappa shape index (κ3) is 4.59. The molecular weight excluding hydrogens is 445 g/mol. The van der Waals surface area contributed by atoms with Gasteiger partial charge in [-0.05, 0) is 37.6 Å². The molecule has 3 aromatic heterocycles. The Kier molecular flexibility index (Phi) is 5.64. The van der Waals surface area contributed by atoms with Gasteiger partial charge in [0.15, 0.2) is 5.65 Å². The lowest BCUT2D eigenvalue weighted by molar-refractivity contribution is -0.136. The molecule has 0 spiro atoms. The first-order valence-electron chi connectivity index (χ1n) is 9.59. The van der Waals surface area contributed by atoms with Gasteiger partial charge in [0.2, 0.25) is 5.91 Å². The number of nitrogens with zero attached hydrogens (tertiary/aromatic N) is 5. The highest BCUT2D eigenvalue weighted by atomic mass is 35.5. The van der Waals surface area contributed by atoms with E-state index in [4.69, 9.17) is 11.6 Å². The average molecular weight is 463 g/mol. The monoisotopic (exact) mass is 462 g/mol. The molecular formula is C21H18ClF3N6O. The summed E-state index contributed by atoms with van der Waals surface area (Å²) in [6, 6.07) is 8.14. The van der Waals surface area contributed by atoms with Crippen molar-refractivity contribution in [1.29, 1.82) is 0 Å². The largest absolute Gasteiger partial charge is 0.417 e. The number of benzene rings is 1. The molecule has 166 valence electrons. The lowest BCUT2D eigenvalue weighted by Crippen LogP contribution is -2.20. The Morgan fingerprint density at radius 1 is 1.22 bits per heavy atom. The summed E-state index contributed by atoms with van der Waals surface area (Å²) in [6.07, 6.45) is -1.34. The first-order chi connectivity index (χ1) is 15.1. The van der Waals surface area contributed by atoms with Gasteiger partial charge < -0.3 is 5.32 Å². The minimum Gasteiger partial charge on any atom is -0.324 e. The van der Waals surface area contributed by atoms with Gasteiger partial charge in [-0.25, -0.2) is 9.67 Å². The van der Waals surface area contributed by atoms with E-state index in [0.29, 0.717) is 17.3 Å². The number of amides is 1. The van der Waals surface area contributed by atoms with Crippen molar-refractivity contribution in [2.24, 2.45) is 0 Å². The normalized spacial score (nSPS) is 11.8. The summed E-state index contributed by atoms with van der Waals surface area (Å²) < 4.78 is 43.3. The molecule has 0 aliphatic heterocycles. The van der Waals surface area contributed by atoms with Crippen LogP contribution in [0, 0.1) is 13.8 Å². The van der Waals surface area contributed by atoms with E-state index in [1.165, 1.54) is 24.7 Å². The van der Waals surface area contributed by atoms with Crippen molar-refractivity contribution < 1.29 is 18.0 Å². The van der Waals surface area contributed by atoms with Crippen molar-refractivity contribution in [1.82, 2.24) is 24.5 Å². The van der Waals surface area contributed by atoms with E-state index >= 15 is 0 Å². The highest BCUT2D eigenvalue weighted by Crippen LogP contribution is 2.36. The van der Waals surface area contributed by atoms with Crippen LogP contribution in [0.5, 0.6) is 0 Å². The Hall–Kier alpha value is -3.40. The molecule has 7 nitrogen and oxygen atoms in total. The maximum absolute atomic E-state index is 13.5. The number of halogens is 4. The molecule has 0 fully saturated rings. The fourth-order valence-corrected chi connectivity index (χ4v) is 3.66. The van der Waals surface area contributed by atoms with Crippen LogP contribution < -0.4 is 5.32 Å². The van der Waals surface area contributed by atoms with E-state index in [-0.39, 0.29) is 29.0 Å². The van der Waals surface area contributed by atoms with E-state index in [1.807, 2.05) is 6.07 Å². The number of aromatic nitrogens is 5. The Bertz CT molecular complexity index is 1310. The molecule has 0 saturated heterocycles. The van der Waals surface area contributed by atoms with E-state index < -0.39 is 17.6 Å². The molecule has 4 rings (SSSR count). The molecule has 0 saturated carbocycles. The van der Waals surface area contributed by atoms with Crippen molar-refractivity contribution in [3.05, 3.63) is 70.3 Å². The van der Waals surface area contributed by atoms with Crippen molar-refractivity contribution in [3.8, 4) is 0 Å². The van der Waals surface area contributed by atoms with E-state index in [9.17, 15) is 18.0 Å². The minimum atomic E-state index is -4.55. The maximum Gasteiger partial charge on any atom is 0.417 e. The highest BCUT2D eigenvalue weighted by molar-refractivity contribution is 6.30. The summed E-state index contributed by atoms with van der Waals surface area (Å²) in [7, 11) is 0.